The lowest BCUT2D eigenvalue weighted by atomic mass is 9.70. The lowest BCUT2D eigenvalue weighted by Crippen LogP contribution is -2.49. The molecule has 2 aromatic carbocycles. The van der Waals surface area contributed by atoms with E-state index in [4.69, 9.17) is 21.3 Å². The van der Waals surface area contributed by atoms with Crippen LogP contribution in [0.15, 0.2) is 42.5 Å². The number of carbonyl (C=O) groups excluding carboxylic acids is 1. The van der Waals surface area contributed by atoms with Crippen LogP contribution in [0.4, 0.5) is 9.18 Å². The average Bonchev–Trinajstić information content (AvgIpc) is 3.38. The number of halogens is 2. The zero-order valence-electron chi connectivity index (χ0n) is 24.7. The van der Waals surface area contributed by atoms with Crippen molar-refractivity contribution in [3.8, 4) is 0 Å². The summed E-state index contributed by atoms with van der Waals surface area (Å²) in [5.41, 5.74) is 2.71. The summed E-state index contributed by atoms with van der Waals surface area (Å²) in [6.45, 7) is 10.1. The van der Waals surface area contributed by atoms with Crippen molar-refractivity contribution in [3.63, 3.8) is 0 Å². The highest BCUT2D eigenvalue weighted by atomic mass is 35.5. The summed E-state index contributed by atoms with van der Waals surface area (Å²) in [5, 5.41) is 0.167. The third-order valence-electron chi connectivity index (χ3n) is 9.75. The fraction of sp³-hybridized carbons (Fsp3) is 0.576. The molecule has 6 nitrogen and oxygen atoms in total. The van der Waals surface area contributed by atoms with Crippen LogP contribution >= 0.6 is 11.6 Å². The maximum absolute atomic E-state index is 14.2. The van der Waals surface area contributed by atoms with Crippen molar-refractivity contribution in [1.29, 1.82) is 0 Å². The highest BCUT2D eigenvalue weighted by Crippen LogP contribution is 2.45. The largest absolute Gasteiger partial charge is 0.444 e. The van der Waals surface area contributed by atoms with Crippen molar-refractivity contribution in [3.05, 3.63) is 64.7 Å². The summed E-state index contributed by atoms with van der Waals surface area (Å²) in [4.78, 5) is 22.2. The van der Waals surface area contributed by atoms with E-state index in [1.54, 1.807) is 0 Å². The second-order valence-corrected chi connectivity index (χ2v) is 13.8. The number of ether oxygens (including phenoxy) is 1. The van der Waals surface area contributed by atoms with Gasteiger partial charge in [-0.05, 0) is 114 Å². The number of likely N-dealkylation sites (tertiary alicyclic amines) is 1. The lowest BCUT2D eigenvalue weighted by molar-refractivity contribution is 0.0144. The molecule has 0 radical (unpaired) electrons. The van der Waals surface area contributed by atoms with E-state index in [1.165, 1.54) is 24.4 Å². The van der Waals surface area contributed by atoms with Gasteiger partial charge in [-0.2, -0.15) is 0 Å². The van der Waals surface area contributed by atoms with Gasteiger partial charge in [-0.1, -0.05) is 29.8 Å². The summed E-state index contributed by atoms with van der Waals surface area (Å²) < 4.78 is 22.3. The summed E-state index contributed by atoms with van der Waals surface area (Å²) in [5.74, 6) is 0.715. The molecule has 3 aliphatic heterocycles. The monoisotopic (exact) mass is 580 g/mol. The van der Waals surface area contributed by atoms with Crippen LogP contribution in [0, 0.1) is 12.7 Å². The predicted octanol–water partition coefficient (Wildman–Crippen LogP) is 7.66. The topological polar surface area (TPSA) is 50.6 Å². The van der Waals surface area contributed by atoms with Crippen molar-refractivity contribution < 1.29 is 13.9 Å². The molecule has 2 unspecified atom stereocenters. The molecular formula is C33H42ClFN4O2. The molecule has 3 aliphatic rings. The molecule has 3 saturated heterocycles. The number of nitrogens with zero attached hydrogens (tertiary/aromatic N) is 4. The molecule has 0 spiro atoms. The molecule has 220 valence electrons. The third-order valence-corrected chi connectivity index (χ3v) is 10.0. The summed E-state index contributed by atoms with van der Waals surface area (Å²) in [7, 11) is 0. The van der Waals surface area contributed by atoms with E-state index in [2.05, 4.69) is 40.7 Å². The second-order valence-electron chi connectivity index (χ2n) is 13.4. The number of aromatic nitrogens is 2. The number of benzene rings is 2. The molecule has 4 heterocycles. The van der Waals surface area contributed by atoms with Crippen molar-refractivity contribution in [1.82, 2.24) is 19.4 Å². The van der Waals surface area contributed by atoms with Crippen LogP contribution < -0.4 is 0 Å². The molecular weight excluding hydrogens is 539 g/mol. The Bertz CT molecular complexity index is 1410. The maximum Gasteiger partial charge on any atom is 0.410 e. The Labute approximate surface area is 247 Å². The number of rotatable bonds is 5. The quantitative estimate of drug-likeness (QED) is 0.311. The van der Waals surface area contributed by atoms with Gasteiger partial charge in [0.1, 0.15) is 17.2 Å². The normalized spacial score (nSPS) is 24.6. The molecule has 8 heteroatoms. The molecule has 41 heavy (non-hydrogen) atoms. The number of carbonyl (C=O) groups is 1. The van der Waals surface area contributed by atoms with Crippen LogP contribution in [0.5, 0.6) is 0 Å². The number of hydrogen-bond donors (Lipinski definition) is 0. The summed E-state index contributed by atoms with van der Waals surface area (Å²) >= 11 is 6.29. The van der Waals surface area contributed by atoms with E-state index in [-0.39, 0.29) is 22.3 Å². The minimum Gasteiger partial charge on any atom is -0.444 e. The lowest BCUT2D eigenvalue weighted by Gasteiger charge is -2.45. The smallest absolute Gasteiger partial charge is 0.410 e. The Morgan fingerprint density at radius 1 is 1.07 bits per heavy atom. The Morgan fingerprint density at radius 2 is 1.76 bits per heavy atom. The minimum atomic E-state index is -0.525. The number of piperidine rings is 2. The van der Waals surface area contributed by atoms with Crippen LogP contribution in [0.3, 0.4) is 0 Å². The van der Waals surface area contributed by atoms with Crippen LogP contribution in [-0.4, -0.2) is 62.8 Å². The van der Waals surface area contributed by atoms with Crippen molar-refractivity contribution in [2.45, 2.75) is 102 Å². The first-order valence-electron chi connectivity index (χ1n) is 15.2. The van der Waals surface area contributed by atoms with E-state index in [0.29, 0.717) is 31.2 Å². The first kappa shape index (κ1) is 28.5. The first-order valence-corrected chi connectivity index (χ1v) is 15.5. The number of fused-ring (bicyclic) bond motifs is 3. The molecule has 1 amide bonds. The van der Waals surface area contributed by atoms with Crippen LogP contribution in [-0.2, 0) is 10.2 Å². The zero-order chi connectivity index (χ0) is 28.9. The minimum absolute atomic E-state index is 0.163. The Kier molecular flexibility index (Phi) is 7.56. The zero-order valence-corrected chi connectivity index (χ0v) is 25.5. The van der Waals surface area contributed by atoms with E-state index in [9.17, 15) is 9.18 Å². The molecule has 3 fully saturated rings. The van der Waals surface area contributed by atoms with E-state index in [1.807, 2.05) is 37.8 Å². The van der Waals surface area contributed by atoms with E-state index < -0.39 is 5.60 Å². The highest BCUT2D eigenvalue weighted by Gasteiger charge is 2.44. The standard InChI is InChI=1S/C33H42ClFN4O2/c1-22-36-29-7-5-6-8-30(29)39(22)26-20-24-10-11-25(21-26)38(24)18-15-33(23-9-12-28(35)27(34)19-23)13-16-37(17-14-33)31(40)41-32(2,3)4/h5-9,12,19,24-26H,10-11,13-18,20-21H2,1-4H3. The maximum atomic E-state index is 14.2. The van der Waals surface area contributed by atoms with Gasteiger partial charge in [0.25, 0.3) is 0 Å². The van der Waals surface area contributed by atoms with E-state index >= 15 is 0 Å². The van der Waals surface area contributed by atoms with Crippen molar-refractivity contribution in [2.75, 3.05) is 19.6 Å². The van der Waals surface area contributed by atoms with Gasteiger partial charge in [-0.3, -0.25) is 4.90 Å². The molecule has 2 bridgehead atoms. The van der Waals surface area contributed by atoms with Gasteiger partial charge in [-0.15, -0.1) is 0 Å². The van der Waals surface area contributed by atoms with Crippen LogP contribution in [0.2, 0.25) is 5.02 Å². The van der Waals surface area contributed by atoms with Crippen LogP contribution in [0.25, 0.3) is 11.0 Å². The number of para-hydroxylation sites is 2. The van der Waals surface area contributed by atoms with Gasteiger partial charge in [0.2, 0.25) is 0 Å². The Hall–Kier alpha value is -2.64. The van der Waals surface area contributed by atoms with Gasteiger partial charge < -0.3 is 14.2 Å². The molecule has 0 N–H and O–H groups in total. The first-order chi connectivity index (χ1) is 19.5. The number of amides is 1. The fourth-order valence-electron chi connectivity index (χ4n) is 7.74. The molecule has 0 saturated carbocycles. The van der Waals surface area contributed by atoms with Gasteiger partial charge in [0.15, 0.2) is 0 Å². The third kappa shape index (κ3) is 5.60. The van der Waals surface area contributed by atoms with Crippen molar-refractivity contribution in [2.24, 2.45) is 0 Å². The number of aryl methyl sites for hydroxylation is 1. The molecule has 2 atom stereocenters. The Morgan fingerprint density at radius 3 is 2.41 bits per heavy atom. The summed E-state index contributed by atoms with van der Waals surface area (Å²) in [6, 6.07) is 15.3. The average molecular weight is 581 g/mol. The van der Waals surface area contributed by atoms with Crippen LogP contribution in [0.1, 0.15) is 83.1 Å². The molecule has 0 aliphatic carbocycles. The van der Waals surface area contributed by atoms with Gasteiger partial charge in [0, 0.05) is 31.2 Å². The van der Waals surface area contributed by atoms with Gasteiger partial charge in [-0.25, -0.2) is 14.2 Å². The highest BCUT2D eigenvalue weighted by molar-refractivity contribution is 6.30. The van der Waals surface area contributed by atoms with Crippen molar-refractivity contribution >= 4 is 28.7 Å². The fourth-order valence-corrected chi connectivity index (χ4v) is 7.92. The van der Waals surface area contributed by atoms with Gasteiger partial charge in [0.05, 0.1) is 16.1 Å². The molecule has 3 aromatic rings. The SMILES string of the molecule is Cc1nc2ccccc2n1C1CC2CCC(C1)N2CCC1(c2ccc(F)c(Cl)c2)CCN(C(=O)OC(C)(C)C)CC1. The number of hydrogen-bond acceptors (Lipinski definition) is 4. The second kappa shape index (κ2) is 10.9. The predicted molar refractivity (Wildman–Crippen MR) is 161 cm³/mol. The Balaban J connectivity index is 1.19. The summed E-state index contributed by atoms with van der Waals surface area (Å²) in [6.07, 6.45) is 7.05. The molecule has 1 aromatic heterocycles. The van der Waals surface area contributed by atoms with Gasteiger partial charge >= 0.3 is 6.09 Å². The number of imidazole rings is 1. The molecule has 6 rings (SSSR count). The van der Waals surface area contributed by atoms with E-state index in [0.717, 1.165) is 55.6 Å².